The fourth-order valence-electron chi connectivity index (χ4n) is 4.25. The minimum absolute atomic E-state index is 0.143. The number of halogens is 1. The van der Waals surface area contributed by atoms with Crippen molar-refractivity contribution in [3.63, 3.8) is 0 Å². The van der Waals surface area contributed by atoms with Crippen LogP contribution in [0.5, 0.6) is 5.88 Å². The van der Waals surface area contributed by atoms with Gasteiger partial charge in [0.1, 0.15) is 18.2 Å². The Labute approximate surface area is 229 Å². The lowest BCUT2D eigenvalue weighted by atomic mass is 10.0. The smallest absolute Gasteiger partial charge is 0.256 e. The lowest BCUT2D eigenvalue weighted by molar-refractivity contribution is -0.120. The second-order valence-corrected chi connectivity index (χ2v) is 9.23. The topological polar surface area (TPSA) is 126 Å². The van der Waals surface area contributed by atoms with Crippen LogP contribution in [0, 0.1) is 0 Å². The third kappa shape index (κ3) is 5.86. The van der Waals surface area contributed by atoms with E-state index in [0.717, 1.165) is 11.1 Å². The van der Waals surface area contributed by atoms with Gasteiger partial charge in [0.2, 0.25) is 11.8 Å². The van der Waals surface area contributed by atoms with Gasteiger partial charge in [-0.2, -0.15) is 0 Å². The quantitative estimate of drug-likeness (QED) is 0.361. The molecule has 1 atom stereocenters. The summed E-state index contributed by atoms with van der Waals surface area (Å²) < 4.78 is 5.06. The van der Waals surface area contributed by atoms with Crippen LogP contribution in [0.1, 0.15) is 31.8 Å². The molecule has 0 saturated heterocycles. The highest BCUT2D eigenvalue weighted by atomic mass is 35.5. The van der Waals surface area contributed by atoms with Gasteiger partial charge in [0.15, 0.2) is 0 Å². The van der Waals surface area contributed by atoms with Gasteiger partial charge in [-0.15, -0.1) is 0 Å². The van der Waals surface area contributed by atoms with Crippen molar-refractivity contribution in [1.29, 1.82) is 0 Å². The van der Waals surface area contributed by atoms with Gasteiger partial charge in [-0.1, -0.05) is 29.8 Å². The SMILES string of the molecule is COc1cc(NC(=O)c2ccc(CN3C(=O)c4ccc(Cl)cc4NC(=O)[C@H]3Cc3cccnc3)cc2)ncn1. The zero-order chi connectivity index (χ0) is 27.4. The molecule has 39 heavy (non-hydrogen) atoms. The van der Waals surface area contributed by atoms with Gasteiger partial charge in [0.05, 0.1) is 18.4 Å². The van der Waals surface area contributed by atoms with E-state index in [2.05, 4.69) is 25.6 Å². The summed E-state index contributed by atoms with van der Waals surface area (Å²) >= 11 is 6.13. The van der Waals surface area contributed by atoms with E-state index in [-0.39, 0.29) is 30.7 Å². The van der Waals surface area contributed by atoms with Crippen molar-refractivity contribution in [1.82, 2.24) is 19.9 Å². The number of nitrogens with zero attached hydrogens (tertiary/aromatic N) is 4. The first-order valence-corrected chi connectivity index (χ1v) is 12.4. The van der Waals surface area contributed by atoms with E-state index in [4.69, 9.17) is 16.3 Å². The van der Waals surface area contributed by atoms with Crippen LogP contribution in [-0.2, 0) is 17.8 Å². The van der Waals surface area contributed by atoms with Gasteiger partial charge in [0, 0.05) is 42.0 Å². The Bertz CT molecular complexity index is 1530. The van der Waals surface area contributed by atoms with Gasteiger partial charge in [0.25, 0.3) is 11.8 Å². The number of anilines is 2. The maximum absolute atomic E-state index is 13.7. The van der Waals surface area contributed by atoms with Gasteiger partial charge in [-0.05, 0) is 47.5 Å². The Morgan fingerprint density at radius 1 is 1.08 bits per heavy atom. The maximum atomic E-state index is 13.7. The van der Waals surface area contributed by atoms with E-state index in [1.807, 2.05) is 6.07 Å². The average molecular weight is 543 g/mol. The number of rotatable bonds is 7. The molecule has 2 N–H and O–H groups in total. The van der Waals surface area contributed by atoms with Crippen LogP contribution in [0.15, 0.2) is 79.4 Å². The molecule has 4 aromatic rings. The highest BCUT2D eigenvalue weighted by molar-refractivity contribution is 6.31. The lowest BCUT2D eigenvalue weighted by Gasteiger charge is -2.29. The van der Waals surface area contributed by atoms with Gasteiger partial charge in [-0.3, -0.25) is 19.4 Å². The Hall–Kier alpha value is -4.83. The number of hydrogen-bond donors (Lipinski definition) is 2. The van der Waals surface area contributed by atoms with Crippen molar-refractivity contribution in [2.45, 2.75) is 19.0 Å². The van der Waals surface area contributed by atoms with Gasteiger partial charge < -0.3 is 20.3 Å². The summed E-state index contributed by atoms with van der Waals surface area (Å²) in [5.41, 5.74) is 2.66. The first-order chi connectivity index (χ1) is 18.9. The Kier molecular flexibility index (Phi) is 7.46. The van der Waals surface area contributed by atoms with Crippen LogP contribution in [0.25, 0.3) is 0 Å². The molecule has 1 aliphatic heterocycles. The van der Waals surface area contributed by atoms with E-state index in [1.54, 1.807) is 60.9 Å². The normalized spacial score (nSPS) is 14.7. The number of hydrogen-bond acceptors (Lipinski definition) is 7. The molecular formula is C28H23ClN6O4. The number of carbonyl (C=O) groups excluding carboxylic acids is 3. The zero-order valence-corrected chi connectivity index (χ0v) is 21.6. The molecule has 10 nitrogen and oxygen atoms in total. The molecule has 1 aliphatic rings. The lowest BCUT2D eigenvalue weighted by Crippen LogP contribution is -2.46. The van der Waals surface area contributed by atoms with Crippen molar-refractivity contribution in [2.24, 2.45) is 0 Å². The van der Waals surface area contributed by atoms with E-state index in [1.165, 1.54) is 24.4 Å². The van der Waals surface area contributed by atoms with Crippen molar-refractivity contribution in [3.8, 4) is 5.88 Å². The number of ether oxygens (including phenoxy) is 1. The first-order valence-electron chi connectivity index (χ1n) is 12.0. The van der Waals surface area contributed by atoms with E-state index < -0.39 is 6.04 Å². The van der Waals surface area contributed by atoms with Crippen LogP contribution < -0.4 is 15.4 Å². The third-order valence-electron chi connectivity index (χ3n) is 6.22. The molecule has 0 spiro atoms. The fourth-order valence-corrected chi connectivity index (χ4v) is 4.43. The molecule has 0 bridgehead atoms. The number of methoxy groups -OCH3 is 1. The summed E-state index contributed by atoms with van der Waals surface area (Å²) in [6.07, 6.45) is 4.89. The molecular weight excluding hydrogens is 520 g/mol. The monoisotopic (exact) mass is 542 g/mol. The average Bonchev–Trinajstić information content (AvgIpc) is 3.03. The molecule has 3 heterocycles. The third-order valence-corrected chi connectivity index (χ3v) is 6.46. The Balaban J connectivity index is 1.40. The van der Waals surface area contributed by atoms with Gasteiger partial charge in [-0.25, -0.2) is 9.97 Å². The zero-order valence-electron chi connectivity index (χ0n) is 20.8. The van der Waals surface area contributed by atoms with Crippen molar-refractivity contribution in [3.05, 3.63) is 107 Å². The van der Waals surface area contributed by atoms with Crippen LogP contribution >= 0.6 is 11.6 Å². The maximum Gasteiger partial charge on any atom is 0.256 e. The predicted octanol–water partition coefficient (Wildman–Crippen LogP) is 3.99. The van der Waals surface area contributed by atoms with Crippen LogP contribution in [0.4, 0.5) is 11.5 Å². The largest absolute Gasteiger partial charge is 0.481 e. The summed E-state index contributed by atoms with van der Waals surface area (Å²) in [6, 6.07) is 15.9. The summed E-state index contributed by atoms with van der Waals surface area (Å²) in [7, 11) is 1.47. The number of nitrogens with one attached hydrogen (secondary N) is 2. The molecule has 196 valence electrons. The van der Waals surface area contributed by atoms with E-state index in [0.29, 0.717) is 33.5 Å². The minimum Gasteiger partial charge on any atom is -0.481 e. The molecule has 0 aliphatic carbocycles. The second kappa shape index (κ2) is 11.3. The highest BCUT2D eigenvalue weighted by Crippen LogP contribution is 2.29. The van der Waals surface area contributed by atoms with Crippen LogP contribution in [0.3, 0.4) is 0 Å². The summed E-state index contributed by atoms with van der Waals surface area (Å²) in [5.74, 6) is -0.383. The van der Waals surface area contributed by atoms with Crippen LogP contribution in [0.2, 0.25) is 5.02 Å². The number of fused-ring (bicyclic) bond motifs is 1. The predicted molar refractivity (Wildman–Crippen MR) is 145 cm³/mol. The summed E-state index contributed by atoms with van der Waals surface area (Å²) in [6.45, 7) is 0.143. The Morgan fingerprint density at radius 2 is 1.90 bits per heavy atom. The van der Waals surface area contributed by atoms with Crippen LogP contribution in [-0.4, -0.2) is 50.7 Å². The molecule has 2 aromatic carbocycles. The molecule has 0 radical (unpaired) electrons. The minimum atomic E-state index is -0.802. The standard InChI is InChI=1S/C28H23ClN6O4/c1-39-25-13-24(31-16-32-25)34-26(36)19-6-4-17(5-7-19)15-35-23(11-18-3-2-10-30-14-18)27(37)33-22-12-20(29)8-9-21(22)28(35)38/h2-10,12-14,16,23H,11,15H2,1H3,(H,33,37)(H,31,32,34,36)/t23-/m1/s1. The van der Waals surface area contributed by atoms with E-state index >= 15 is 0 Å². The Morgan fingerprint density at radius 3 is 2.64 bits per heavy atom. The molecule has 5 rings (SSSR count). The fraction of sp³-hybridized carbons (Fsp3) is 0.143. The number of amides is 3. The molecule has 0 fully saturated rings. The second-order valence-electron chi connectivity index (χ2n) is 8.79. The van der Waals surface area contributed by atoms with Crippen molar-refractivity contribution < 1.29 is 19.1 Å². The number of aromatic nitrogens is 3. The molecule has 0 unspecified atom stereocenters. The number of benzene rings is 2. The van der Waals surface area contributed by atoms with E-state index in [9.17, 15) is 14.4 Å². The van der Waals surface area contributed by atoms with Crippen molar-refractivity contribution >= 4 is 40.8 Å². The molecule has 2 aromatic heterocycles. The van der Waals surface area contributed by atoms with Crippen molar-refractivity contribution in [2.75, 3.05) is 17.7 Å². The summed E-state index contributed by atoms with van der Waals surface area (Å²) in [5, 5.41) is 5.97. The molecule has 11 heteroatoms. The van der Waals surface area contributed by atoms with Gasteiger partial charge >= 0.3 is 0 Å². The number of carbonyl (C=O) groups is 3. The highest BCUT2D eigenvalue weighted by Gasteiger charge is 2.35. The molecule has 0 saturated carbocycles. The number of pyridine rings is 1. The molecule has 3 amide bonds. The summed E-state index contributed by atoms with van der Waals surface area (Å²) in [4.78, 5) is 53.4. The first kappa shape index (κ1) is 25.8.